The first-order valence-electron chi connectivity index (χ1n) is 4.21. The first kappa shape index (κ1) is 9.23. The molecular formula is C10H15NO. The summed E-state index contributed by atoms with van der Waals surface area (Å²) in [5.74, 6) is 0. The van der Waals surface area contributed by atoms with Gasteiger partial charge in [0.15, 0.2) is 0 Å². The van der Waals surface area contributed by atoms with Crippen LogP contribution in [0.1, 0.15) is 23.7 Å². The Kier molecular flexibility index (Phi) is 3.26. The third kappa shape index (κ3) is 1.65. The highest BCUT2D eigenvalue weighted by Gasteiger charge is 2.18. The molecule has 1 aliphatic carbocycles. The summed E-state index contributed by atoms with van der Waals surface area (Å²) < 4.78 is 0. The van der Waals surface area contributed by atoms with E-state index in [2.05, 4.69) is 11.8 Å². The molecule has 0 saturated carbocycles. The third-order valence-corrected chi connectivity index (χ3v) is 2.10. The van der Waals surface area contributed by atoms with Crippen LogP contribution in [0.4, 0.5) is 0 Å². The molecule has 0 aromatic heterocycles. The molecule has 2 nitrogen and oxygen atoms in total. The number of fused-ring (bicyclic) bond motifs is 1. The van der Waals surface area contributed by atoms with Crippen molar-refractivity contribution >= 4 is 0 Å². The molecule has 2 heteroatoms. The predicted molar refractivity (Wildman–Crippen MR) is 49.8 cm³/mol. The van der Waals surface area contributed by atoms with Crippen molar-refractivity contribution in [1.82, 2.24) is 0 Å². The summed E-state index contributed by atoms with van der Waals surface area (Å²) in [5, 5.41) is 9.38. The minimum atomic E-state index is -0.198. The Balaban J connectivity index is 0.000000336. The average Bonchev–Trinajstić information content (AvgIpc) is 2.53. The zero-order valence-corrected chi connectivity index (χ0v) is 7.33. The Morgan fingerprint density at radius 3 is 2.67 bits per heavy atom. The fourth-order valence-corrected chi connectivity index (χ4v) is 1.53. The Labute approximate surface area is 73.0 Å². The summed E-state index contributed by atoms with van der Waals surface area (Å²) in [6.07, 6.45) is 1.74. The van der Waals surface area contributed by atoms with Gasteiger partial charge in [0.05, 0.1) is 6.10 Å². The van der Waals surface area contributed by atoms with Gasteiger partial charge in [0.2, 0.25) is 0 Å². The van der Waals surface area contributed by atoms with E-state index in [0.29, 0.717) is 0 Å². The second-order valence-corrected chi connectivity index (χ2v) is 2.75. The van der Waals surface area contributed by atoms with Crippen LogP contribution >= 0.6 is 0 Å². The highest BCUT2D eigenvalue weighted by atomic mass is 16.3. The van der Waals surface area contributed by atoms with Gasteiger partial charge in [-0.05, 0) is 31.0 Å². The molecule has 0 aliphatic heterocycles. The predicted octanol–water partition coefficient (Wildman–Crippen LogP) is 1.24. The first-order valence-corrected chi connectivity index (χ1v) is 4.21. The van der Waals surface area contributed by atoms with Gasteiger partial charge in [0.1, 0.15) is 0 Å². The number of hydrogen-bond donors (Lipinski definition) is 2. The van der Waals surface area contributed by atoms with E-state index >= 15 is 0 Å². The van der Waals surface area contributed by atoms with E-state index in [1.807, 2.05) is 18.2 Å². The normalized spacial score (nSPS) is 19.4. The monoisotopic (exact) mass is 165 g/mol. The number of benzene rings is 1. The molecule has 0 fully saturated rings. The number of aliphatic hydroxyl groups is 1. The minimum Gasteiger partial charge on any atom is -0.388 e. The lowest BCUT2D eigenvalue weighted by Gasteiger charge is -2.00. The molecule has 0 bridgehead atoms. The van der Waals surface area contributed by atoms with Gasteiger partial charge in [0, 0.05) is 0 Å². The van der Waals surface area contributed by atoms with E-state index in [0.717, 1.165) is 18.4 Å². The van der Waals surface area contributed by atoms with Crippen molar-refractivity contribution in [3.05, 3.63) is 35.4 Å². The molecule has 0 amide bonds. The lowest BCUT2D eigenvalue weighted by atomic mass is 10.1. The van der Waals surface area contributed by atoms with Gasteiger partial charge in [-0.3, -0.25) is 0 Å². The van der Waals surface area contributed by atoms with Crippen LogP contribution in [-0.4, -0.2) is 12.2 Å². The number of nitrogens with two attached hydrogens (primary N) is 1. The van der Waals surface area contributed by atoms with Crippen LogP contribution in [-0.2, 0) is 6.42 Å². The van der Waals surface area contributed by atoms with Crippen LogP contribution in [0, 0.1) is 0 Å². The lowest BCUT2D eigenvalue weighted by molar-refractivity contribution is 0.180. The van der Waals surface area contributed by atoms with Crippen LogP contribution in [0.2, 0.25) is 0 Å². The molecule has 0 radical (unpaired) electrons. The quantitative estimate of drug-likeness (QED) is 0.607. The topological polar surface area (TPSA) is 46.2 Å². The molecule has 1 unspecified atom stereocenters. The van der Waals surface area contributed by atoms with Crippen LogP contribution < -0.4 is 5.73 Å². The van der Waals surface area contributed by atoms with Crippen molar-refractivity contribution in [2.75, 3.05) is 7.05 Å². The van der Waals surface area contributed by atoms with Crippen LogP contribution in [0.15, 0.2) is 24.3 Å². The SMILES string of the molecule is CN.OC1CCc2ccccc21. The maximum absolute atomic E-state index is 9.38. The summed E-state index contributed by atoms with van der Waals surface area (Å²) in [4.78, 5) is 0. The van der Waals surface area contributed by atoms with Crippen LogP contribution in [0.5, 0.6) is 0 Å². The molecular weight excluding hydrogens is 150 g/mol. The number of rotatable bonds is 0. The van der Waals surface area contributed by atoms with Crippen molar-refractivity contribution in [3.63, 3.8) is 0 Å². The number of aryl methyl sites for hydroxylation is 1. The molecule has 1 aromatic carbocycles. The molecule has 66 valence electrons. The van der Waals surface area contributed by atoms with Crippen molar-refractivity contribution in [1.29, 1.82) is 0 Å². The molecule has 1 atom stereocenters. The standard InChI is InChI=1S/C9H10O.CH5N/c10-9-6-5-7-3-1-2-4-8(7)9;1-2/h1-4,9-10H,5-6H2;2H2,1H3. The molecule has 0 saturated heterocycles. The second-order valence-electron chi connectivity index (χ2n) is 2.75. The van der Waals surface area contributed by atoms with E-state index in [9.17, 15) is 5.11 Å². The molecule has 1 aliphatic rings. The smallest absolute Gasteiger partial charge is 0.0795 e. The Morgan fingerprint density at radius 2 is 2.00 bits per heavy atom. The zero-order valence-electron chi connectivity index (χ0n) is 7.33. The molecule has 1 aromatic rings. The number of hydrogen-bond acceptors (Lipinski definition) is 2. The average molecular weight is 165 g/mol. The summed E-state index contributed by atoms with van der Waals surface area (Å²) in [6.45, 7) is 0. The van der Waals surface area contributed by atoms with Gasteiger partial charge in [-0.2, -0.15) is 0 Å². The van der Waals surface area contributed by atoms with Gasteiger partial charge in [-0.1, -0.05) is 24.3 Å². The van der Waals surface area contributed by atoms with Gasteiger partial charge in [-0.25, -0.2) is 0 Å². The van der Waals surface area contributed by atoms with Gasteiger partial charge in [0.25, 0.3) is 0 Å². The summed E-state index contributed by atoms with van der Waals surface area (Å²) in [5.41, 5.74) is 6.94. The number of aliphatic hydroxyl groups excluding tert-OH is 1. The first-order chi connectivity index (χ1) is 5.88. The largest absolute Gasteiger partial charge is 0.388 e. The maximum Gasteiger partial charge on any atom is 0.0795 e. The Bertz CT molecular complexity index is 247. The Morgan fingerprint density at radius 1 is 1.33 bits per heavy atom. The van der Waals surface area contributed by atoms with Gasteiger partial charge < -0.3 is 10.8 Å². The van der Waals surface area contributed by atoms with Gasteiger partial charge in [-0.15, -0.1) is 0 Å². The van der Waals surface area contributed by atoms with Crippen LogP contribution in [0.25, 0.3) is 0 Å². The van der Waals surface area contributed by atoms with Crippen molar-refractivity contribution in [2.45, 2.75) is 18.9 Å². The molecule has 0 heterocycles. The summed E-state index contributed by atoms with van der Waals surface area (Å²) in [6, 6.07) is 8.10. The van der Waals surface area contributed by atoms with Crippen molar-refractivity contribution in [2.24, 2.45) is 5.73 Å². The van der Waals surface area contributed by atoms with E-state index in [1.54, 1.807) is 0 Å². The van der Waals surface area contributed by atoms with Crippen LogP contribution in [0.3, 0.4) is 0 Å². The highest BCUT2D eigenvalue weighted by Crippen LogP contribution is 2.29. The van der Waals surface area contributed by atoms with Gasteiger partial charge >= 0.3 is 0 Å². The molecule has 2 rings (SSSR count). The zero-order chi connectivity index (χ0) is 8.97. The molecule has 12 heavy (non-hydrogen) atoms. The van der Waals surface area contributed by atoms with Crippen molar-refractivity contribution in [3.8, 4) is 0 Å². The van der Waals surface area contributed by atoms with E-state index in [4.69, 9.17) is 0 Å². The van der Waals surface area contributed by atoms with E-state index < -0.39 is 0 Å². The van der Waals surface area contributed by atoms with Crippen molar-refractivity contribution < 1.29 is 5.11 Å². The lowest BCUT2D eigenvalue weighted by Crippen LogP contribution is -1.88. The molecule has 3 N–H and O–H groups in total. The maximum atomic E-state index is 9.38. The summed E-state index contributed by atoms with van der Waals surface area (Å²) >= 11 is 0. The second kappa shape index (κ2) is 4.24. The fraction of sp³-hybridized carbons (Fsp3) is 0.400. The van der Waals surface area contributed by atoms with E-state index in [1.165, 1.54) is 12.6 Å². The molecule has 0 spiro atoms. The fourth-order valence-electron chi connectivity index (χ4n) is 1.53. The van der Waals surface area contributed by atoms with E-state index in [-0.39, 0.29) is 6.10 Å². The Hall–Kier alpha value is -0.860. The minimum absolute atomic E-state index is 0.198. The third-order valence-electron chi connectivity index (χ3n) is 2.10. The summed E-state index contributed by atoms with van der Waals surface area (Å²) in [7, 11) is 1.50. The highest BCUT2D eigenvalue weighted by molar-refractivity contribution is 5.32.